The third-order valence-corrected chi connectivity index (χ3v) is 2.17. The van der Waals surface area contributed by atoms with Crippen LogP contribution in [0.5, 0.6) is 5.75 Å². The smallest absolute Gasteiger partial charge is 0.422 e. The minimum absolute atomic E-state index is 0.106. The molecule has 1 rings (SSSR count). The van der Waals surface area contributed by atoms with Crippen LogP contribution in [0.1, 0.15) is 0 Å². The van der Waals surface area contributed by atoms with Crippen LogP contribution in [-0.4, -0.2) is 17.7 Å². The molecule has 0 aliphatic rings. The van der Waals surface area contributed by atoms with E-state index in [-0.39, 0.29) is 11.3 Å². The van der Waals surface area contributed by atoms with Crippen molar-refractivity contribution in [3.05, 3.63) is 40.1 Å². The molecule has 0 heterocycles. The Labute approximate surface area is 122 Å². The van der Waals surface area contributed by atoms with Crippen LogP contribution < -0.4 is 10.1 Å². The number of hydrogen-bond acceptors (Lipinski definition) is 6. The highest BCUT2D eigenvalue weighted by Gasteiger charge is 2.30. The van der Waals surface area contributed by atoms with Crippen molar-refractivity contribution in [3.63, 3.8) is 0 Å². The molecule has 0 amide bonds. The lowest BCUT2D eigenvalue weighted by Crippen LogP contribution is -2.19. The second-order valence-electron chi connectivity index (χ2n) is 3.77. The fourth-order valence-corrected chi connectivity index (χ4v) is 1.28. The van der Waals surface area contributed by atoms with Crippen molar-refractivity contribution in [1.82, 2.24) is 0 Å². The summed E-state index contributed by atoms with van der Waals surface area (Å²) in [7, 11) is 0. The number of ether oxygens (including phenoxy) is 1. The van der Waals surface area contributed by atoms with Crippen LogP contribution in [0, 0.1) is 32.8 Å². The summed E-state index contributed by atoms with van der Waals surface area (Å²) in [4.78, 5) is 9.94. The second kappa shape index (κ2) is 6.95. The molecule has 0 fully saturated rings. The number of nitrogens with one attached hydrogen (secondary N) is 1. The molecule has 0 radical (unpaired) electrons. The number of alkyl halides is 3. The molecule has 22 heavy (non-hydrogen) atoms. The van der Waals surface area contributed by atoms with Gasteiger partial charge in [0.2, 0.25) is 0 Å². The Morgan fingerprint density at radius 2 is 2.05 bits per heavy atom. The summed E-state index contributed by atoms with van der Waals surface area (Å²) in [6, 6.07) is 6.24. The lowest BCUT2D eigenvalue weighted by atomic mass is 10.2. The van der Waals surface area contributed by atoms with E-state index >= 15 is 0 Å². The van der Waals surface area contributed by atoms with Gasteiger partial charge in [0, 0.05) is 18.0 Å². The summed E-state index contributed by atoms with van der Waals surface area (Å²) in [5, 5.41) is 30.3. The van der Waals surface area contributed by atoms with E-state index < -0.39 is 29.1 Å². The van der Waals surface area contributed by atoms with E-state index in [1.54, 1.807) is 12.1 Å². The highest BCUT2D eigenvalue weighted by Crippen LogP contribution is 2.31. The van der Waals surface area contributed by atoms with Crippen LogP contribution in [-0.2, 0) is 0 Å². The average Bonchev–Trinajstić information content (AvgIpc) is 2.45. The number of allylic oxidation sites excluding steroid dienone is 1. The normalized spacial score (nSPS) is 10.0. The zero-order valence-electron chi connectivity index (χ0n) is 10.7. The van der Waals surface area contributed by atoms with Crippen molar-refractivity contribution in [2.75, 3.05) is 11.9 Å². The Balaban J connectivity index is 3.01. The first-order chi connectivity index (χ1) is 10.3. The Hall–Kier alpha value is -3.27. The molecule has 0 aliphatic carbocycles. The fraction of sp³-hybridized carbons (Fsp3) is 0.167. The maximum atomic E-state index is 12.1. The van der Waals surface area contributed by atoms with Crippen molar-refractivity contribution in [3.8, 4) is 17.9 Å². The van der Waals surface area contributed by atoms with Crippen molar-refractivity contribution in [2.24, 2.45) is 0 Å². The number of nitriles is 2. The predicted octanol–water partition coefficient (Wildman–Crippen LogP) is 2.88. The molecule has 1 aromatic carbocycles. The first-order valence-electron chi connectivity index (χ1n) is 5.51. The fourth-order valence-electron chi connectivity index (χ4n) is 1.28. The maximum absolute atomic E-state index is 12.1. The molecule has 0 aromatic heterocycles. The van der Waals surface area contributed by atoms with Gasteiger partial charge in [-0.05, 0) is 12.1 Å². The molecule has 0 atom stereocenters. The van der Waals surface area contributed by atoms with Gasteiger partial charge in [-0.1, -0.05) is 0 Å². The van der Waals surface area contributed by atoms with Crippen LogP contribution >= 0.6 is 0 Å². The molecule has 7 nitrogen and oxygen atoms in total. The maximum Gasteiger partial charge on any atom is 0.422 e. The van der Waals surface area contributed by atoms with Gasteiger partial charge in [-0.15, -0.1) is 0 Å². The van der Waals surface area contributed by atoms with Gasteiger partial charge in [0.15, 0.2) is 12.4 Å². The number of benzene rings is 1. The summed E-state index contributed by atoms with van der Waals surface area (Å²) in [5.74, 6) is -0.544. The van der Waals surface area contributed by atoms with Gasteiger partial charge < -0.3 is 10.1 Å². The monoisotopic (exact) mass is 312 g/mol. The first-order valence-corrected chi connectivity index (χ1v) is 5.51. The third-order valence-electron chi connectivity index (χ3n) is 2.17. The van der Waals surface area contributed by atoms with Crippen molar-refractivity contribution in [2.45, 2.75) is 6.18 Å². The van der Waals surface area contributed by atoms with E-state index in [1.807, 2.05) is 0 Å². The average molecular weight is 312 g/mol. The number of nitro benzene ring substituents is 1. The summed E-state index contributed by atoms with van der Waals surface area (Å²) in [6.07, 6.45) is -3.61. The van der Waals surface area contributed by atoms with Gasteiger partial charge in [-0.2, -0.15) is 23.7 Å². The quantitative estimate of drug-likeness (QED) is 0.508. The lowest BCUT2D eigenvalue weighted by Gasteiger charge is -2.10. The molecule has 0 spiro atoms. The van der Waals surface area contributed by atoms with Gasteiger partial charge in [0.1, 0.15) is 17.7 Å². The SMILES string of the molecule is N#CC(C#N)=CNc1ccc(OCC(F)(F)F)c([N+](=O)[O-])c1. The van der Waals surface area contributed by atoms with Gasteiger partial charge in [-0.3, -0.25) is 10.1 Å². The minimum Gasteiger partial charge on any atom is -0.477 e. The van der Waals surface area contributed by atoms with E-state index in [4.69, 9.17) is 10.5 Å². The van der Waals surface area contributed by atoms with E-state index in [1.165, 1.54) is 6.07 Å². The Bertz CT molecular complexity index is 670. The van der Waals surface area contributed by atoms with Crippen molar-refractivity contribution < 1.29 is 22.8 Å². The van der Waals surface area contributed by atoms with E-state index in [9.17, 15) is 23.3 Å². The largest absolute Gasteiger partial charge is 0.477 e. The van der Waals surface area contributed by atoms with E-state index in [0.717, 1.165) is 18.3 Å². The molecule has 10 heteroatoms. The standard InChI is InChI=1S/C12H7F3N4O3/c13-12(14,15)7-22-11-2-1-9(3-10(11)19(20)21)18-6-8(4-16)5-17/h1-3,6,18H,7H2. The summed E-state index contributed by atoms with van der Waals surface area (Å²) >= 11 is 0. The van der Waals surface area contributed by atoms with Crippen LogP contribution in [0.4, 0.5) is 24.5 Å². The lowest BCUT2D eigenvalue weighted by molar-refractivity contribution is -0.386. The van der Waals surface area contributed by atoms with Gasteiger partial charge >= 0.3 is 11.9 Å². The van der Waals surface area contributed by atoms with Crippen LogP contribution in [0.25, 0.3) is 0 Å². The molecule has 1 N–H and O–H groups in total. The Morgan fingerprint density at radius 1 is 1.41 bits per heavy atom. The molecule has 0 saturated heterocycles. The van der Waals surface area contributed by atoms with Crippen LogP contribution in [0.15, 0.2) is 30.0 Å². The zero-order chi connectivity index (χ0) is 16.8. The Kier molecular flexibility index (Phi) is 5.30. The minimum atomic E-state index is -4.62. The van der Waals surface area contributed by atoms with Gasteiger partial charge in [0.05, 0.1) is 4.92 Å². The summed E-state index contributed by atoms with van der Waals surface area (Å²) < 4.78 is 40.6. The third kappa shape index (κ3) is 5.02. The molecule has 1 aromatic rings. The van der Waals surface area contributed by atoms with Crippen molar-refractivity contribution in [1.29, 1.82) is 10.5 Å². The summed E-state index contributed by atoms with van der Waals surface area (Å²) in [6.45, 7) is -1.66. The van der Waals surface area contributed by atoms with Gasteiger partial charge in [0.25, 0.3) is 0 Å². The highest BCUT2D eigenvalue weighted by atomic mass is 19.4. The summed E-state index contributed by atoms with van der Waals surface area (Å²) in [5.41, 5.74) is -0.854. The van der Waals surface area contributed by atoms with Crippen LogP contribution in [0.2, 0.25) is 0 Å². The predicted molar refractivity (Wildman–Crippen MR) is 67.6 cm³/mol. The van der Waals surface area contributed by atoms with Gasteiger partial charge in [-0.25, -0.2) is 0 Å². The van der Waals surface area contributed by atoms with Crippen LogP contribution in [0.3, 0.4) is 0 Å². The molecule has 0 saturated carbocycles. The van der Waals surface area contributed by atoms with E-state index in [0.29, 0.717) is 0 Å². The zero-order valence-corrected chi connectivity index (χ0v) is 10.7. The number of nitro groups is 1. The molecular weight excluding hydrogens is 305 g/mol. The van der Waals surface area contributed by atoms with E-state index in [2.05, 4.69) is 10.1 Å². The molecular formula is C12H7F3N4O3. The molecule has 0 bridgehead atoms. The first kappa shape index (κ1) is 16.8. The second-order valence-corrected chi connectivity index (χ2v) is 3.77. The Morgan fingerprint density at radius 3 is 2.55 bits per heavy atom. The molecule has 0 aliphatic heterocycles. The van der Waals surface area contributed by atoms with Crippen molar-refractivity contribution >= 4 is 11.4 Å². The number of anilines is 1. The number of rotatable bonds is 5. The molecule has 0 unspecified atom stereocenters. The topological polar surface area (TPSA) is 112 Å². The number of halogens is 3. The number of hydrogen-bond donors (Lipinski definition) is 1. The molecule has 114 valence electrons. The number of nitrogens with zero attached hydrogens (tertiary/aromatic N) is 3. The highest BCUT2D eigenvalue weighted by molar-refractivity contribution is 5.60.